The number of hydrogen-bond acceptors (Lipinski definition) is 2. The maximum absolute atomic E-state index is 12.8. The average molecular weight is 338 g/mol. The van der Waals surface area contributed by atoms with Crippen molar-refractivity contribution in [3.63, 3.8) is 0 Å². The number of aromatic nitrogens is 1. The summed E-state index contributed by atoms with van der Waals surface area (Å²) < 4.78 is 0. The molecule has 0 fully saturated rings. The van der Waals surface area contributed by atoms with Gasteiger partial charge in [0.1, 0.15) is 0 Å². The Morgan fingerprint density at radius 3 is 2.58 bits per heavy atom. The molecular weight excluding hydrogens is 322 g/mol. The molecule has 4 nitrogen and oxygen atoms in total. The van der Waals surface area contributed by atoms with Crippen LogP contribution in [0.25, 0.3) is 10.9 Å². The molecule has 2 N–H and O–H groups in total. The number of nitrogens with zero attached hydrogens (tertiary/aromatic N) is 1. The van der Waals surface area contributed by atoms with Crippen molar-refractivity contribution >= 4 is 34.1 Å². The normalized spacial score (nSPS) is 11.2. The second-order valence-electron chi connectivity index (χ2n) is 6.16. The number of fused-ring (bicyclic) bond motifs is 1. The summed E-state index contributed by atoms with van der Waals surface area (Å²) in [5.41, 5.74) is 2.28. The molecule has 1 amide bonds. The number of amides is 1. The standard InChI is InChI=1S/C19H16ClN3O/c1-19(2,16-11-22-17-9-13(20)5-8-15(16)17)18(24)23-14-6-3-12(10-21)4-7-14/h3-9,11,22H,1-2H3,(H,23,24). The first kappa shape index (κ1) is 16.1. The van der Waals surface area contributed by atoms with Crippen molar-refractivity contribution in [1.82, 2.24) is 4.98 Å². The molecule has 1 aromatic heterocycles. The first-order valence-corrected chi connectivity index (χ1v) is 7.88. The Balaban J connectivity index is 1.90. The number of rotatable bonds is 3. The molecule has 0 atom stereocenters. The third kappa shape index (κ3) is 2.86. The van der Waals surface area contributed by atoms with E-state index in [0.29, 0.717) is 16.3 Å². The van der Waals surface area contributed by atoms with Gasteiger partial charge in [-0.05, 0) is 55.8 Å². The number of benzene rings is 2. The topological polar surface area (TPSA) is 68.7 Å². The van der Waals surface area contributed by atoms with Gasteiger partial charge in [-0.25, -0.2) is 0 Å². The molecule has 0 unspecified atom stereocenters. The van der Waals surface area contributed by atoms with E-state index in [1.54, 1.807) is 24.3 Å². The van der Waals surface area contributed by atoms with E-state index in [0.717, 1.165) is 16.5 Å². The van der Waals surface area contributed by atoms with Crippen molar-refractivity contribution in [2.24, 2.45) is 0 Å². The Labute approximate surface area is 145 Å². The molecule has 3 rings (SSSR count). The van der Waals surface area contributed by atoms with Crippen LogP contribution in [0.3, 0.4) is 0 Å². The minimum atomic E-state index is -0.736. The third-order valence-electron chi connectivity index (χ3n) is 4.16. The van der Waals surface area contributed by atoms with E-state index in [1.807, 2.05) is 38.2 Å². The summed E-state index contributed by atoms with van der Waals surface area (Å²) in [6, 6.07) is 14.4. The van der Waals surface area contributed by atoms with Crippen LogP contribution in [0.4, 0.5) is 5.69 Å². The van der Waals surface area contributed by atoms with E-state index in [4.69, 9.17) is 16.9 Å². The largest absolute Gasteiger partial charge is 0.361 e. The SMILES string of the molecule is CC(C)(C(=O)Nc1ccc(C#N)cc1)c1c[nH]c2cc(Cl)ccc12. The lowest BCUT2D eigenvalue weighted by Crippen LogP contribution is -2.34. The highest BCUT2D eigenvalue weighted by Gasteiger charge is 2.32. The smallest absolute Gasteiger partial charge is 0.234 e. The van der Waals surface area contributed by atoms with Crippen molar-refractivity contribution in [3.05, 3.63) is 64.8 Å². The van der Waals surface area contributed by atoms with E-state index in [1.165, 1.54) is 0 Å². The van der Waals surface area contributed by atoms with Crippen LogP contribution in [0.15, 0.2) is 48.7 Å². The summed E-state index contributed by atoms with van der Waals surface area (Å²) in [6.07, 6.45) is 1.85. The van der Waals surface area contributed by atoms with Gasteiger partial charge in [0.15, 0.2) is 0 Å². The van der Waals surface area contributed by atoms with E-state index >= 15 is 0 Å². The van der Waals surface area contributed by atoms with Gasteiger partial charge in [0, 0.05) is 27.8 Å². The number of carbonyl (C=O) groups is 1. The fraction of sp³-hybridized carbons (Fsp3) is 0.158. The molecule has 24 heavy (non-hydrogen) atoms. The lowest BCUT2D eigenvalue weighted by molar-refractivity contribution is -0.120. The summed E-state index contributed by atoms with van der Waals surface area (Å²) >= 11 is 6.01. The quantitative estimate of drug-likeness (QED) is 0.732. The molecule has 0 bridgehead atoms. The van der Waals surface area contributed by atoms with Gasteiger partial charge in [-0.15, -0.1) is 0 Å². The zero-order chi connectivity index (χ0) is 17.3. The predicted molar refractivity (Wildman–Crippen MR) is 96.1 cm³/mol. The number of H-pyrrole nitrogens is 1. The molecule has 0 saturated carbocycles. The van der Waals surface area contributed by atoms with Crippen LogP contribution in [0, 0.1) is 11.3 Å². The van der Waals surface area contributed by atoms with Crippen LogP contribution in [0.1, 0.15) is 25.0 Å². The van der Waals surface area contributed by atoms with Gasteiger partial charge in [-0.2, -0.15) is 5.26 Å². The van der Waals surface area contributed by atoms with Gasteiger partial charge < -0.3 is 10.3 Å². The van der Waals surface area contributed by atoms with E-state index < -0.39 is 5.41 Å². The third-order valence-corrected chi connectivity index (χ3v) is 4.39. The van der Waals surface area contributed by atoms with E-state index in [9.17, 15) is 4.79 Å². The Hall–Kier alpha value is -2.77. The van der Waals surface area contributed by atoms with Crippen LogP contribution in [0.5, 0.6) is 0 Å². The summed E-state index contributed by atoms with van der Waals surface area (Å²) in [4.78, 5) is 16.0. The van der Waals surface area contributed by atoms with E-state index in [2.05, 4.69) is 16.4 Å². The zero-order valence-corrected chi connectivity index (χ0v) is 14.1. The molecule has 3 aromatic rings. The highest BCUT2D eigenvalue weighted by atomic mass is 35.5. The van der Waals surface area contributed by atoms with Crippen molar-refractivity contribution in [2.75, 3.05) is 5.32 Å². The minimum absolute atomic E-state index is 0.122. The van der Waals surface area contributed by atoms with E-state index in [-0.39, 0.29) is 5.91 Å². The number of nitriles is 1. The van der Waals surface area contributed by atoms with Gasteiger partial charge in [0.25, 0.3) is 0 Å². The van der Waals surface area contributed by atoms with Crippen molar-refractivity contribution in [2.45, 2.75) is 19.3 Å². The van der Waals surface area contributed by atoms with Crippen LogP contribution in [-0.4, -0.2) is 10.9 Å². The molecule has 0 spiro atoms. The Morgan fingerprint density at radius 1 is 1.21 bits per heavy atom. The zero-order valence-electron chi connectivity index (χ0n) is 13.4. The lowest BCUT2D eigenvalue weighted by Gasteiger charge is -2.23. The highest BCUT2D eigenvalue weighted by Crippen LogP contribution is 2.32. The Bertz CT molecular complexity index is 949. The van der Waals surface area contributed by atoms with Crippen molar-refractivity contribution in [3.8, 4) is 6.07 Å². The van der Waals surface area contributed by atoms with Crippen LogP contribution < -0.4 is 5.32 Å². The predicted octanol–water partition coefficient (Wildman–Crippen LogP) is 4.61. The molecule has 0 aliphatic rings. The highest BCUT2D eigenvalue weighted by molar-refractivity contribution is 6.31. The number of anilines is 1. The second-order valence-corrected chi connectivity index (χ2v) is 6.60. The number of carbonyl (C=O) groups excluding carboxylic acids is 1. The molecule has 120 valence electrons. The maximum atomic E-state index is 12.8. The van der Waals surface area contributed by atoms with Crippen LogP contribution in [-0.2, 0) is 10.2 Å². The molecule has 0 aliphatic heterocycles. The number of aromatic amines is 1. The Morgan fingerprint density at radius 2 is 1.92 bits per heavy atom. The number of halogens is 1. The van der Waals surface area contributed by atoms with Crippen LogP contribution >= 0.6 is 11.6 Å². The first-order chi connectivity index (χ1) is 11.4. The lowest BCUT2D eigenvalue weighted by atomic mass is 9.83. The van der Waals surface area contributed by atoms with Gasteiger partial charge >= 0.3 is 0 Å². The van der Waals surface area contributed by atoms with Crippen molar-refractivity contribution < 1.29 is 4.79 Å². The molecule has 5 heteroatoms. The van der Waals surface area contributed by atoms with Crippen molar-refractivity contribution in [1.29, 1.82) is 5.26 Å². The molecule has 2 aromatic carbocycles. The molecular formula is C19H16ClN3O. The first-order valence-electron chi connectivity index (χ1n) is 7.50. The summed E-state index contributed by atoms with van der Waals surface area (Å²) in [5, 5.41) is 13.4. The molecule has 0 radical (unpaired) electrons. The number of hydrogen-bond donors (Lipinski definition) is 2. The summed E-state index contributed by atoms with van der Waals surface area (Å²) in [6.45, 7) is 3.76. The van der Waals surface area contributed by atoms with Gasteiger partial charge in [-0.1, -0.05) is 17.7 Å². The fourth-order valence-electron chi connectivity index (χ4n) is 2.65. The van der Waals surface area contributed by atoms with Gasteiger partial charge in [0.05, 0.1) is 17.0 Å². The Kier molecular flexibility index (Phi) is 4.04. The van der Waals surface area contributed by atoms with Gasteiger partial charge in [0.2, 0.25) is 5.91 Å². The van der Waals surface area contributed by atoms with Gasteiger partial charge in [-0.3, -0.25) is 4.79 Å². The second kappa shape index (κ2) is 6.03. The fourth-order valence-corrected chi connectivity index (χ4v) is 2.83. The molecule has 0 aliphatic carbocycles. The molecule has 0 saturated heterocycles. The summed E-state index contributed by atoms with van der Waals surface area (Å²) in [5.74, 6) is -0.122. The maximum Gasteiger partial charge on any atom is 0.234 e. The average Bonchev–Trinajstić information content (AvgIpc) is 2.99. The summed E-state index contributed by atoms with van der Waals surface area (Å²) in [7, 11) is 0. The monoisotopic (exact) mass is 337 g/mol. The van der Waals surface area contributed by atoms with Crippen LogP contribution in [0.2, 0.25) is 5.02 Å². The number of nitrogens with one attached hydrogen (secondary N) is 2. The minimum Gasteiger partial charge on any atom is -0.361 e. The molecule has 1 heterocycles.